The molecule has 0 saturated carbocycles. The number of aryl methyl sites for hydroxylation is 1. The van der Waals surface area contributed by atoms with Crippen molar-refractivity contribution in [2.75, 3.05) is 30.3 Å². The summed E-state index contributed by atoms with van der Waals surface area (Å²) in [6, 6.07) is 0. The number of ether oxygens (including phenoxy) is 1. The summed E-state index contributed by atoms with van der Waals surface area (Å²) in [5.41, 5.74) is 5.83. The molecule has 0 aliphatic heterocycles. The van der Waals surface area contributed by atoms with Crippen LogP contribution < -0.4 is 16.4 Å². The van der Waals surface area contributed by atoms with E-state index in [1.165, 1.54) is 0 Å². The molecule has 4 N–H and O–H groups in total. The normalized spacial score (nSPS) is 10.1. The number of primary amides is 1. The van der Waals surface area contributed by atoms with Gasteiger partial charge in [-0.15, -0.1) is 0 Å². The number of nitrogens with zero attached hydrogens (tertiary/aromatic N) is 2. The topological polar surface area (TPSA) is 102 Å². The number of amides is 1. The molecular weight excluding hydrogens is 246 g/mol. The third-order valence-electron chi connectivity index (χ3n) is 2.49. The highest BCUT2D eigenvalue weighted by Gasteiger charge is 2.09. The van der Waals surface area contributed by atoms with E-state index in [0.717, 1.165) is 36.0 Å². The second-order valence-corrected chi connectivity index (χ2v) is 3.94. The average molecular weight is 267 g/mol. The second kappa shape index (κ2) is 7.40. The lowest BCUT2D eigenvalue weighted by Crippen LogP contribution is -2.19. The van der Waals surface area contributed by atoms with Gasteiger partial charge in [-0.1, -0.05) is 6.92 Å². The molecule has 0 aliphatic carbocycles. The van der Waals surface area contributed by atoms with Crippen molar-refractivity contribution in [3.8, 4) is 0 Å². The van der Waals surface area contributed by atoms with E-state index in [2.05, 4.69) is 25.3 Å². The van der Waals surface area contributed by atoms with Crippen molar-refractivity contribution in [3.05, 3.63) is 11.4 Å². The number of anilines is 2. The first-order valence-electron chi connectivity index (χ1n) is 6.35. The summed E-state index contributed by atoms with van der Waals surface area (Å²) in [5, 5.41) is 6.32. The number of carbonyl (C=O) groups excluding carboxylic acids is 1. The van der Waals surface area contributed by atoms with Crippen LogP contribution in [0.1, 0.15) is 25.2 Å². The van der Waals surface area contributed by atoms with E-state index in [4.69, 9.17) is 5.73 Å². The Bertz CT molecular complexity index is 436. The van der Waals surface area contributed by atoms with Crippen LogP contribution in [0.15, 0.2) is 0 Å². The molecule has 0 radical (unpaired) electrons. The van der Waals surface area contributed by atoms with Gasteiger partial charge in [0.25, 0.3) is 0 Å². The maximum atomic E-state index is 10.5. The minimum Gasteiger partial charge on any atom is -0.448 e. The molecule has 1 aromatic heterocycles. The predicted molar refractivity (Wildman–Crippen MR) is 74.3 cm³/mol. The van der Waals surface area contributed by atoms with Crippen LogP contribution in [0.5, 0.6) is 0 Å². The molecule has 106 valence electrons. The van der Waals surface area contributed by atoms with Crippen LogP contribution in [0.4, 0.5) is 16.4 Å². The average Bonchev–Trinajstić information content (AvgIpc) is 2.38. The van der Waals surface area contributed by atoms with Crippen molar-refractivity contribution in [3.63, 3.8) is 0 Å². The second-order valence-electron chi connectivity index (χ2n) is 3.94. The third-order valence-corrected chi connectivity index (χ3v) is 2.49. The molecule has 0 saturated heterocycles. The van der Waals surface area contributed by atoms with E-state index in [1.54, 1.807) is 0 Å². The van der Waals surface area contributed by atoms with Gasteiger partial charge in [0.1, 0.15) is 24.1 Å². The van der Waals surface area contributed by atoms with Crippen molar-refractivity contribution in [2.45, 2.75) is 27.2 Å². The highest BCUT2D eigenvalue weighted by molar-refractivity contribution is 5.64. The Morgan fingerprint density at radius 2 is 1.89 bits per heavy atom. The summed E-state index contributed by atoms with van der Waals surface area (Å²) >= 11 is 0. The Kier molecular flexibility index (Phi) is 5.84. The maximum absolute atomic E-state index is 10.5. The van der Waals surface area contributed by atoms with Crippen molar-refractivity contribution in [1.29, 1.82) is 0 Å². The molecule has 19 heavy (non-hydrogen) atoms. The Morgan fingerprint density at radius 1 is 1.26 bits per heavy atom. The summed E-state index contributed by atoms with van der Waals surface area (Å²) in [6.07, 6.45) is -0.0192. The van der Waals surface area contributed by atoms with Gasteiger partial charge >= 0.3 is 6.09 Å². The first-order valence-corrected chi connectivity index (χ1v) is 6.35. The fourth-order valence-corrected chi connectivity index (χ4v) is 1.55. The standard InChI is InChI=1S/C12H21N5O2/c1-4-9-16-10(14-5-2)8(3)11(17-9)15-6-7-19-12(13)18/h4-7H2,1-3H3,(H2,13,18)(H2,14,15,16,17). The minimum absolute atomic E-state index is 0.205. The fraction of sp³-hybridized carbons (Fsp3) is 0.583. The third kappa shape index (κ3) is 4.61. The quantitative estimate of drug-likeness (QED) is 0.643. The van der Waals surface area contributed by atoms with E-state index in [1.807, 2.05) is 20.8 Å². The Balaban J connectivity index is 2.74. The van der Waals surface area contributed by atoms with Crippen LogP contribution in [0.2, 0.25) is 0 Å². The Hall–Kier alpha value is -2.05. The first-order chi connectivity index (χ1) is 9.08. The number of rotatable bonds is 7. The number of hydrogen-bond acceptors (Lipinski definition) is 6. The Labute approximate surface area is 113 Å². The van der Waals surface area contributed by atoms with Crippen molar-refractivity contribution in [2.24, 2.45) is 5.73 Å². The molecule has 1 aromatic rings. The van der Waals surface area contributed by atoms with Gasteiger partial charge in [0.2, 0.25) is 0 Å². The summed E-state index contributed by atoms with van der Waals surface area (Å²) in [5.74, 6) is 2.34. The monoisotopic (exact) mass is 267 g/mol. The molecule has 0 atom stereocenters. The van der Waals surface area contributed by atoms with Crippen molar-refractivity contribution < 1.29 is 9.53 Å². The summed E-state index contributed by atoms with van der Waals surface area (Å²) in [7, 11) is 0. The van der Waals surface area contributed by atoms with Crippen molar-refractivity contribution >= 4 is 17.7 Å². The summed E-state index contributed by atoms with van der Waals surface area (Å²) in [4.78, 5) is 19.3. The van der Waals surface area contributed by atoms with E-state index >= 15 is 0 Å². The first kappa shape index (κ1) is 15.0. The number of nitrogens with one attached hydrogen (secondary N) is 2. The van der Waals surface area contributed by atoms with Crippen LogP contribution in [0.25, 0.3) is 0 Å². The highest BCUT2D eigenvalue weighted by Crippen LogP contribution is 2.19. The zero-order valence-electron chi connectivity index (χ0n) is 11.6. The van der Waals surface area contributed by atoms with Crippen LogP contribution in [-0.2, 0) is 11.2 Å². The zero-order valence-corrected chi connectivity index (χ0v) is 11.6. The zero-order chi connectivity index (χ0) is 14.3. The Morgan fingerprint density at radius 3 is 2.42 bits per heavy atom. The lowest BCUT2D eigenvalue weighted by molar-refractivity contribution is 0.161. The molecule has 1 amide bonds. The predicted octanol–water partition coefficient (Wildman–Crippen LogP) is 1.29. The van der Waals surface area contributed by atoms with Crippen molar-refractivity contribution in [1.82, 2.24) is 9.97 Å². The van der Waals surface area contributed by atoms with Gasteiger partial charge in [0, 0.05) is 18.5 Å². The van der Waals surface area contributed by atoms with Gasteiger partial charge < -0.3 is 21.1 Å². The van der Waals surface area contributed by atoms with E-state index in [-0.39, 0.29) is 6.61 Å². The van der Waals surface area contributed by atoms with Gasteiger partial charge in [-0.05, 0) is 13.8 Å². The molecule has 7 nitrogen and oxygen atoms in total. The van der Waals surface area contributed by atoms with Crippen LogP contribution in [-0.4, -0.2) is 35.8 Å². The van der Waals surface area contributed by atoms with Gasteiger partial charge in [-0.3, -0.25) is 0 Å². The maximum Gasteiger partial charge on any atom is 0.404 e. The molecule has 0 aliphatic rings. The molecule has 0 bridgehead atoms. The largest absolute Gasteiger partial charge is 0.448 e. The van der Waals surface area contributed by atoms with Gasteiger partial charge in [0.05, 0.1) is 6.54 Å². The summed E-state index contributed by atoms with van der Waals surface area (Å²) in [6.45, 7) is 7.41. The van der Waals surface area contributed by atoms with E-state index in [9.17, 15) is 4.79 Å². The lowest BCUT2D eigenvalue weighted by Gasteiger charge is -2.14. The van der Waals surface area contributed by atoms with E-state index < -0.39 is 6.09 Å². The lowest BCUT2D eigenvalue weighted by atomic mass is 10.3. The highest BCUT2D eigenvalue weighted by atomic mass is 16.5. The molecule has 1 rings (SSSR count). The van der Waals surface area contributed by atoms with Crippen LogP contribution in [0, 0.1) is 6.92 Å². The molecule has 1 heterocycles. The minimum atomic E-state index is -0.774. The van der Waals surface area contributed by atoms with Gasteiger partial charge in [-0.25, -0.2) is 14.8 Å². The number of aromatic nitrogens is 2. The number of hydrogen-bond donors (Lipinski definition) is 3. The molecule has 0 unspecified atom stereocenters. The molecule has 0 aromatic carbocycles. The molecular formula is C12H21N5O2. The molecule has 7 heteroatoms. The number of carbonyl (C=O) groups is 1. The smallest absolute Gasteiger partial charge is 0.404 e. The fourth-order valence-electron chi connectivity index (χ4n) is 1.55. The van der Waals surface area contributed by atoms with Crippen LogP contribution in [0.3, 0.4) is 0 Å². The van der Waals surface area contributed by atoms with Gasteiger partial charge in [-0.2, -0.15) is 0 Å². The summed E-state index contributed by atoms with van der Waals surface area (Å²) < 4.78 is 4.66. The van der Waals surface area contributed by atoms with E-state index in [0.29, 0.717) is 6.54 Å². The SMILES string of the molecule is CCNc1nc(CC)nc(NCCOC(N)=O)c1C. The molecule has 0 spiro atoms. The number of nitrogens with two attached hydrogens (primary N) is 1. The van der Waals surface area contributed by atoms with Crippen LogP contribution >= 0.6 is 0 Å². The van der Waals surface area contributed by atoms with Gasteiger partial charge in [0.15, 0.2) is 0 Å². The molecule has 0 fully saturated rings.